The minimum atomic E-state index is -0.515. The van der Waals surface area contributed by atoms with E-state index < -0.39 is 10.8 Å². The Bertz CT molecular complexity index is 1170. The number of nitrogens with one attached hydrogen (secondary N) is 2. The van der Waals surface area contributed by atoms with Gasteiger partial charge in [-0.05, 0) is 23.6 Å². The molecule has 1 saturated heterocycles. The predicted molar refractivity (Wildman–Crippen MR) is 120 cm³/mol. The first-order valence-corrected chi connectivity index (χ1v) is 10.1. The monoisotopic (exact) mass is 418 g/mol. The molecule has 0 radical (unpaired) electrons. The SMILES string of the molecule is CC1CC(=O)N(c2ccc(NCCNc3cccc4ccccc34)c([N+](=O)[O-])c2)C1=O. The highest BCUT2D eigenvalue weighted by Gasteiger charge is 2.37. The van der Waals surface area contributed by atoms with Gasteiger partial charge in [0.05, 0.1) is 10.6 Å². The molecule has 3 aromatic rings. The highest BCUT2D eigenvalue weighted by atomic mass is 16.6. The molecule has 0 saturated carbocycles. The number of amides is 2. The smallest absolute Gasteiger partial charge is 0.294 e. The van der Waals surface area contributed by atoms with Crippen molar-refractivity contribution in [2.75, 3.05) is 28.6 Å². The van der Waals surface area contributed by atoms with Gasteiger partial charge >= 0.3 is 0 Å². The van der Waals surface area contributed by atoms with Crippen LogP contribution in [0.5, 0.6) is 0 Å². The van der Waals surface area contributed by atoms with Crippen LogP contribution in [-0.4, -0.2) is 29.8 Å². The van der Waals surface area contributed by atoms with E-state index in [0.29, 0.717) is 18.8 Å². The van der Waals surface area contributed by atoms with E-state index in [-0.39, 0.29) is 29.6 Å². The van der Waals surface area contributed by atoms with E-state index in [1.807, 2.05) is 42.5 Å². The molecule has 0 spiro atoms. The fourth-order valence-corrected chi connectivity index (χ4v) is 3.79. The Kier molecular flexibility index (Phi) is 5.53. The van der Waals surface area contributed by atoms with Crippen LogP contribution in [0.1, 0.15) is 13.3 Å². The van der Waals surface area contributed by atoms with Gasteiger partial charge in [-0.25, -0.2) is 0 Å². The number of carbonyl (C=O) groups excluding carboxylic acids is 2. The molecule has 1 heterocycles. The van der Waals surface area contributed by atoms with Crippen molar-refractivity contribution in [2.45, 2.75) is 13.3 Å². The Morgan fingerprint density at radius 2 is 1.71 bits per heavy atom. The van der Waals surface area contributed by atoms with E-state index in [9.17, 15) is 19.7 Å². The number of nitrogens with zero attached hydrogens (tertiary/aromatic N) is 2. The zero-order chi connectivity index (χ0) is 22.0. The lowest BCUT2D eigenvalue weighted by atomic mass is 10.1. The number of nitro groups is 1. The molecule has 1 atom stereocenters. The molecule has 1 aliphatic rings. The third-order valence-corrected chi connectivity index (χ3v) is 5.35. The zero-order valence-electron chi connectivity index (χ0n) is 17.0. The number of rotatable bonds is 7. The lowest BCUT2D eigenvalue weighted by Gasteiger charge is -2.16. The molecule has 0 aliphatic carbocycles. The molecule has 158 valence electrons. The summed E-state index contributed by atoms with van der Waals surface area (Å²) in [5, 5.41) is 20.2. The van der Waals surface area contributed by atoms with E-state index in [0.717, 1.165) is 21.4 Å². The molecule has 2 N–H and O–H groups in total. The maximum atomic E-state index is 12.2. The van der Waals surface area contributed by atoms with Crippen LogP contribution in [-0.2, 0) is 9.59 Å². The van der Waals surface area contributed by atoms with Gasteiger partial charge in [0.15, 0.2) is 0 Å². The summed E-state index contributed by atoms with van der Waals surface area (Å²) in [5.74, 6) is -1.09. The Balaban J connectivity index is 1.45. The normalized spacial score (nSPS) is 16.0. The summed E-state index contributed by atoms with van der Waals surface area (Å²) < 4.78 is 0. The number of hydrogen-bond donors (Lipinski definition) is 2. The molecule has 1 fully saturated rings. The van der Waals surface area contributed by atoms with E-state index in [4.69, 9.17) is 0 Å². The molecule has 31 heavy (non-hydrogen) atoms. The largest absolute Gasteiger partial charge is 0.383 e. The van der Waals surface area contributed by atoms with Crippen LogP contribution in [0.25, 0.3) is 10.8 Å². The summed E-state index contributed by atoms with van der Waals surface area (Å²) in [6.07, 6.45) is 0.118. The lowest BCUT2D eigenvalue weighted by molar-refractivity contribution is -0.383. The van der Waals surface area contributed by atoms with Crippen molar-refractivity contribution in [3.63, 3.8) is 0 Å². The quantitative estimate of drug-likeness (QED) is 0.258. The minimum absolute atomic E-state index is 0.118. The van der Waals surface area contributed by atoms with E-state index in [1.54, 1.807) is 13.0 Å². The van der Waals surface area contributed by atoms with Crippen LogP contribution in [0.15, 0.2) is 60.7 Å². The van der Waals surface area contributed by atoms with Gasteiger partial charge in [0.25, 0.3) is 5.69 Å². The average Bonchev–Trinajstić information content (AvgIpc) is 3.02. The molecule has 4 rings (SSSR count). The van der Waals surface area contributed by atoms with Crippen molar-refractivity contribution in [2.24, 2.45) is 5.92 Å². The average molecular weight is 418 g/mol. The second kappa shape index (κ2) is 8.43. The molecule has 0 bridgehead atoms. The molecule has 8 heteroatoms. The summed E-state index contributed by atoms with van der Waals surface area (Å²) in [4.78, 5) is 36.4. The van der Waals surface area contributed by atoms with Gasteiger partial charge in [0.2, 0.25) is 11.8 Å². The molecular weight excluding hydrogens is 396 g/mol. The minimum Gasteiger partial charge on any atom is -0.383 e. The van der Waals surface area contributed by atoms with Crippen LogP contribution in [0.4, 0.5) is 22.7 Å². The topological polar surface area (TPSA) is 105 Å². The van der Waals surface area contributed by atoms with Crippen LogP contribution >= 0.6 is 0 Å². The Morgan fingerprint density at radius 1 is 1.00 bits per heavy atom. The van der Waals surface area contributed by atoms with Gasteiger partial charge in [-0.3, -0.25) is 24.6 Å². The first-order chi connectivity index (χ1) is 15.0. The fourth-order valence-electron chi connectivity index (χ4n) is 3.79. The lowest BCUT2D eigenvalue weighted by Crippen LogP contribution is -2.30. The number of carbonyl (C=O) groups is 2. The van der Waals surface area contributed by atoms with Gasteiger partial charge in [-0.15, -0.1) is 0 Å². The number of benzene rings is 3. The highest BCUT2D eigenvalue weighted by Crippen LogP contribution is 2.33. The Hall–Kier alpha value is -3.94. The van der Waals surface area contributed by atoms with Crippen molar-refractivity contribution >= 4 is 45.3 Å². The van der Waals surface area contributed by atoms with Gasteiger partial charge in [-0.2, -0.15) is 0 Å². The van der Waals surface area contributed by atoms with Crippen LogP contribution < -0.4 is 15.5 Å². The van der Waals surface area contributed by atoms with Crippen LogP contribution in [0.3, 0.4) is 0 Å². The standard InChI is InChI=1S/C23H22N4O4/c1-15-13-22(28)26(23(15)29)17-9-10-20(21(14-17)27(30)31)25-12-11-24-19-8-4-6-16-5-2-3-7-18(16)19/h2-10,14-15,24-25H,11-13H2,1H3. The summed E-state index contributed by atoms with van der Waals surface area (Å²) in [5.41, 5.74) is 1.37. The summed E-state index contributed by atoms with van der Waals surface area (Å²) in [6, 6.07) is 18.4. The second-order valence-corrected chi connectivity index (χ2v) is 7.51. The molecular formula is C23H22N4O4. The summed E-state index contributed by atoms with van der Waals surface area (Å²) in [6.45, 7) is 2.67. The van der Waals surface area contributed by atoms with E-state index in [1.165, 1.54) is 12.1 Å². The van der Waals surface area contributed by atoms with Crippen molar-refractivity contribution in [1.82, 2.24) is 0 Å². The van der Waals surface area contributed by atoms with Gasteiger partial charge in [-0.1, -0.05) is 43.3 Å². The molecule has 3 aromatic carbocycles. The fraction of sp³-hybridized carbons (Fsp3) is 0.217. The first kappa shape index (κ1) is 20.3. The highest BCUT2D eigenvalue weighted by molar-refractivity contribution is 6.21. The summed E-state index contributed by atoms with van der Waals surface area (Å²) in [7, 11) is 0. The van der Waals surface area contributed by atoms with E-state index in [2.05, 4.69) is 10.6 Å². The van der Waals surface area contributed by atoms with Gasteiger partial charge in [0.1, 0.15) is 5.69 Å². The molecule has 8 nitrogen and oxygen atoms in total. The second-order valence-electron chi connectivity index (χ2n) is 7.51. The number of fused-ring (bicyclic) bond motifs is 1. The number of nitro benzene ring substituents is 1. The van der Waals surface area contributed by atoms with Gasteiger partial charge in [0, 0.05) is 42.6 Å². The van der Waals surface area contributed by atoms with Gasteiger partial charge < -0.3 is 10.6 Å². The maximum Gasteiger partial charge on any atom is 0.294 e. The molecule has 1 unspecified atom stereocenters. The van der Waals surface area contributed by atoms with Crippen molar-refractivity contribution in [3.8, 4) is 0 Å². The Morgan fingerprint density at radius 3 is 2.42 bits per heavy atom. The van der Waals surface area contributed by atoms with Crippen molar-refractivity contribution < 1.29 is 14.5 Å². The maximum absolute atomic E-state index is 12.2. The third kappa shape index (κ3) is 4.05. The molecule has 2 amide bonds. The third-order valence-electron chi connectivity index (χ3n) is 5.35. The first-order valence-electron chi connectivity index (χ1n) is 10.1. The molecule has 0 aromatic heterocycles. The zero-order valence-corrected chi connectivity index (χ0v) is 17.0. The summed E-state index contributed by atoms with van der Waals surface area (Å²) >= 11 is 0. The van der Waals surface area contributed by atoms with Crippen molar-refractivity contribution in [3.05, 3.63) is 70.8 Å². The molecule has 1 aliphatic heterocycles. The van der Waals surface area contributed by atoms with Crippen LogP contribution in [0, 0.1) is 16.0 Å². The van der Waals surface area contributed by atoms with Crippen LogP contribution in [0.2, 0.25) is 0 Å². The predicted octanol–water partition coefficient (Wildman–Crippen LogP) is 4.17. The number of anilines is 3. The van der Waals surface area contributed by atoms with Crippen molar-refractivity contribution in [1.29, 1.82) is 0 Å². The number of hydrogen-bond acceptors (Lipinski definition) is 6. The Labute approximate surface area is 179 Å². The van der Waals surface area contributed by atoms with E-state index >= 15 is 0 Å². The number of imide groups is 1.